The fourth-order valence-corrected chi connectivity index (χ4v) is 2.77. The van der Waals surface area contributed by atoms with Gasteiger partial charge in [-0.05, 0) is 45.1 Å². The summed E-state index contributed by atoms with van der Waals surface area (Å²) in [7, 11) is 0. The average Bonchev–Trinajstić information content (AvgIpc) is 3.12. The number of piperidine rings is 1. The van der Waals surface area contributed by atoms with Crippen LogP contribution in [0.15, 0.2) is 12.4 Å². The van der Waals surface area contributed by atoms with Gasteiger partial charge in [0.05, 0.1) is 0 Å². The van der Waals surface area contributed by atoms with Gasteiger partial charge in [-0.15, -0.1) is 0 Å². The van der Waals surface area contributed by atoms with Crippen LogP contribution in [0.3, 0.4) is 0 Å². The third-order valence-electron chi connectivity index (χ3n) is 4.20. The van der Waals surface area contributed by atoms with Crippen molar-refractivity contribution < 1.29 is 0 Å². The Morgan fingerprint density at radius 2 is 2.06 bits per heavy atom. The summed E-state index contributed by atoms with van der Waals surface area (Å²) in [5.41, 5.74) is 0. The Morgan fingerprint density at radius 1 is 1.28 bits per heavy atom. The summed E-state index contributed by atoms with van der Waals surface area (Å²) in [5.74, 6) is 2.14. The van der Waals surface area contributed by atoms with E-state index in [2.05, 4.69) is 32.9 Å². The molecule has 0 amide bonds. The van der Waals surface area contributed by atoms with Crippen LogP contribution in [-0.4, -0.2) is 35.2 Å². The Morgan fingerprint density at radius 3 is 2.72 bits per heavy atom. The van der Waals surface area contributed by atoms with E-state index in [1.807, 2.05) is 6.20 Å². The summed E-state index contributed by atoms with van der Waals surface area (Å²) in [5, 5.41) is 3.72. The molecule has 3 rings (SSSR count). The van der Waals surface area contributed by atoms with Crippen LogP contribution in [0.25, 0.3) is 0 Å². The molecule has 1 N–H and O–H groups in total. The summed E-state index contributed by atoms with van der Waals surface area (Å²) < 4.78 is 2.23. The first kappa shape index (κ1) is 12.0. The van der Waals surface area contributed by atoms with E-state index in [1.165, 1.54) is 32.2 Å². The molecule has 0 bridgehead atoms. The second-order valence-electron chi connectivity index (χ2n) is 5.63. The highest BCUT2D eigenvalue weighted by atomic mass is 15.3. The van der Waals surface area contributed by atoms with Gasteiger partial charge in [0.15, 0.2) is 0 Å². The molecule has 0 radical (unpaired) electrons. The molecule has 1 aromatic heterocycles. The van der Waals surface area contributed by atoms with Crippen LogP contribution in [0.5, 0.6) is 0 Å². The van der Waals surface area contributed by atoms with Crippen molar-refractivity contribution in [1.82, 2.24) is 14.9 Å². The predicted octanol–water partition coefficient (Wildman–Crippen LogP) is 1.87. The first-order valence-corrected chi connectivity index (χ1v) is 7.36. The van der Waals surface area contributed by atoms with E-state index in [4.69, 9.17) is 0 Å². The lowest BCUT2D eigenvalue weighted by atomic mass is 10.1. The number of aromatic nitrogens is 2. The molecule has 1 aromatic rings. The summed E-state index contributed by atoms with van der Waals surface area (Å²) in [6.07, 6.45) is 9.38. The van der Waals surface area contributed by atoms with Gasteiger partial charge in [-0.25, -0.2) is 4.98 Å². The highest BCUT2D eigenvalue weighted by Crippen LogP contribution is 2.28. The molecule has 18 heavy (non-hydrogen) atoms. The van der Waals surface area contributed by atoms with Crippen molar-refractivity contribution in [2.24, 2.45) is 5.92 Å². The zero-order chi connectivity index (χ0) is 12.4. The first-order valence-electron chi connectivity index (χ1n) is 7.36. The second-order valence-corrected chi connectivity index (χ2v) is 5.63. The van der Waals surface area contributed by atoms with Crippen LogP contribution in [0.1, 0.15) is 32.6 Å². The Balaban J connectivity index is 1.49. The zero-order valence-corrected chi connectivity index (χ0v) is 11.3. The SMILES string of the molecule is CCn1ccnc1N1CCC(NCC2CC2)CC1. The minimum atomic E-state index is 0.729. The monoisotopic (exact) mass is 248 g/mol. The smallest absolute Gasteiger partial charge is 0.205 e. The highest BCUT2D eigenvalue weighted by Gasteiger charge is 2.25. The molecule has 4 heteroatoms. The van der Waals surface area contributed by atoms with Gasteiger partial charge >= 0.3 is 0 Å². The molecule has 0 atom stereocenters. The number of imidazole rings is 1. The van der Waals surface area contributed by atoms with Crippen molar-refractivity contribution in [2.75, 3.05) is 24.5 Å². The van der Waals surface area contributed by atoms with E-state index >= 15 is 0 Å². The van der Waals surface area contributed by atoms with E-state index in [0.29, 0.717) is 0 Å². The van der Waals surface area contributed by atoms with Gasteiger partial charge in [0, 0.05) is 38.1 Å². The minimum absolute atomic E-state index is 0.729. The lowest BCUT2D eigenvalue weighted by Gasteiger charge is -2.33. The number of aryl methyl sites for hydroxylation is 1. The third-order valence-corrected chi connectivity index (χ3v) is 4.20. The molecular formula is C14H24N4. The lowest BCUT2D eigenvalue weighted by Crippen LogP contribution is -2.44. The maximum absolute atomic E-state index is 4.49. The molecule has 1 aliphatic heterocycles. The van der Waals surface area contributed by atoms with Crippen molar-refractivity contribution in [3.05, 3.63) is 12.4 Å². The van der Waals surface area contributed by atoms with Crippen LogP contribution >= 0.6 is 0 Å². The second kappa shape index (κ2) is 5.31. The minimum Gasteiger partial charge on any atom is -0.342 e. The number of hydrogen-bond donors (Lipinski definition) is 1. The Kier molecular flexibility index (Phi) is 3.55. The number of hydrogen-bond acceptors (Lipinski definition) is 3. The molecule has 0 unspecified atom stereocenters. The normalized spacial score (nSPS) is 21.5. The van der Waals surface area contributed by atoms with Crippen LogP contribution < -0.4 is 10.2 Å². The van der Waals surface area contributed by atoms with E-state index in [-0.39, 0.29) is 0 Å². The van der Waals surface area contributed by atoms with E-state index in [0.717, 1.165) is 37.5 Å². The fourth-order valence-electron chi connectivity index (χ4n) is 2.77. The molecule has 1 saturated carbocycles. The summed E-state index contributed by atoms with van der Waals surface area (Å²) in [4.78, 5) is 6.92. The Hall–Kier alpha value is -1.03. The molecule has 4 nitrogen and oxygen atoms in total. The molecule has 0 spiro atoms. The quantitative estimate of drug-likeness (QED) is 0.863. The molecular weight excluding hydrogens is 224 g/mol. The standard InChI is InChI=1S/C14H24N4/c1-2-17-10-7-15-14(17)18-8-5-13(6-9-18)16-11-12-3-4-12/h7,10,12-13,16H,2-6,8-9,11H2,1H3. The Bertz CT molecular complexity index is 375. The predicted molar refractivity (Wildman–Crippen MR) is 73.9 cm³/mol. The van der Waals surface area contributed by atoms with Crippen molar-refractivity contribution in [3.8, 4) is 0 Å². The first-order chi connectivity index (χ1) is 8.86. The van der Waals surface area contributed by atoms with Gasteiger partial charge in [-0.2, -0.15) is 0 Å². The van der Waals surface area contributed by atoms with Gasteiger partial charge < -0.3 is 14.8 Å². The largest absolute Gasteiger partial charge is 0.342 e. The third kappa shape index (κ3) is 2.69. The van der Waals surface area contributed by atoms with Gasteiger partial charge in [-0.1, -0.05) is 0 Å². The number of rotatable bonds is 5. The van der Waals surface area contributed by atoms with Gasteiger partial charge in [0.25, 0.3) is 0 Å². The van der Waals surface area contributed by atoms with Crippen LogP contribution in [0.2, 0.25) is 0 Å². The van der Waals surface area contributed by atoms with Gasteiger partial charge in [0.1, 0.15) is 0 Å². The molecule has 2 heterocycles. The summed E-state index contributed by atoms with van der Waals surface area (Å²) in [6.45, 7) is 6.71. The molecule has 1 aliphatic carbocycles. The summed E-state index contributed by atoms with van der Waals surface area (Å²) >= 11 is 0. The zero-order valence-electron chi connectivity index (χ0n) is 11.3. The summed E-state index contributed by atoms with van der Waals surface area (Å²) in [6, 6.07) is 0.729. The van der Waals surface area contributed by atoms with E-state index < -0.39 is 0 Å². The van der Waals surface area contributed by atoms with Gasteiger partial charge in [-0.3, -0.25) is 0 Å². The number of nitrogens with zero attached hydrogens (tertiary/aromatic N) is 3. The number of nitrogens with one attached hydrogen (secondary N) is 1. The van der Waals surface area contributed by atoms with Crippen LogP contribution in [0, 0.1) is 5.92 Å². The molecule has 100 valence electrons. The fraction of sp³-hybridized carbons (Fsp3) is 0.786. The number of anilines is 1. The maximum Gasteiger partial charge on any atom is 0.205 e. The molecule has 0 aromatic carbocycles. The molecule has 2 fully saturated rings. The topological polar surface area (TPSA) is 33.1 Å². The Labute approximate surface area is 109 Å². The van der Waals surface area contributed by atoms with Crippen molar-refractivity contribution in [3.63, 3.8) is 0 Å². The lowest BCUT2D eigenvalue weighted by molar-refractivity contribution is 0.404. The van der Waals surface area contributed by atoms with Gasteiger partial charge in [0.2, 0.25) is 5.95 Å². The molecule has 1 saturated heterocycles. The van der Waals surface area contributed by atoms with Crippen molar-refractivity contribution in [1.29, 1.82) is 0 Å². The van der Waals surface area contributed by atoms with Crippen molar-refractivity contribution in [2.45, 2.75) is 45.2 Å². The maximum atomic E-state index is 4.49. The van der Waals surface area contributed by atoms with Crippen LogP contribution in [-0.2, 0) is 6.54 Å². The van der Waals surface area contributed by atoms with E-state index in [9.17, 15) is 0 Å². The van der Waals surface area contributed by atoms with E-state index in [1.54, 1.807) is 0 Å². The highest BCUT2D eigenvalue weighted by molar-refractivity contribution is 5.32. The van der Waals surface area contributed by atoms with Crippen molar-refractivity contribution >= 4 is 5.95 Å². The van der Waals surface area contributed by atoms with Crippen LogP contribution in [0.4, 0.5) is 5.95 Å². The average molecular weight is 248 g/mol. The molecule has 2 aliphatic rings.